The molecule has 0 saturated carbocycles. The lowest BCUT2D eigenvalue weighted by Crippen LogP contribution is -2.28. The fraction of sp³-hybridized carbons (Fsp3) is 0.312. The third-order valence-corrected chi connectivity index (χ3v) is 3.68. The molecule has 1 N–H and O–H groups in total. The summed E-state index contributed by atoms with van der Waals surface area (Å²) < 4.78 is 4.90. The fourth-order valence-electron chi connectivity index (χ4n) is 2.64. The molecule has 1 atom stereocenters. The van der Waals surface area contributed by atoms with Gasteiger partial charge in [0.25, 0.3) is 0 Å². The smallest absolute Gasteiger partial charge is 0.343 e. The predicted molar refractivity (Wildman–Crippen MR) is 80.5 cm³/mol. The van der Waals surface area contributed by atoms with E-state index in [1.165, 1.54) is 6.20 Å². The number of aliphatic imine (C=N–C) groups is 1. The Bertz CT molecular complexity index is 726. The minimum absolute atomic E-state index is 0.0310. The number of fused-ring (bicyclic) bond motifs is 3. The standard InChI is InChI=1S/C16H16N2O3/c1-2-21-16(20)12-9-18-14-11(15(12)19)7-6-10-5-3-4-8-17-13(10)14/h4,6-10H,2-3,5H2,1H3,(H,18,19). The van der Waals surface area contributed by atoms with E-state index in [0.717, 1.165) is 18.6 Å². The first kappa shape index (κ1) is 13.5. The van der Waals surface area contributed by atoms with Crippen LogP contribution in [0.15, 0.2) is 34.3 Å². The summed E-state index contributed by atoms with van der Waals surface area (Å²) in [5.41, 5.74) is 1.75. The van der Waals surface area contributed by atoms with E-state index in [1.807, 2.05) is 12.2 Å². The Morgan fingerprint density at radius 2 is 2.38 bits per heavy atom. The Kier molecular flexibility index (Phi) is 3.56. The lowest BCUT2D eigenvalue weighted by atomic mass is 9.87. The Hall–Kier alpha value is -2.43. The maximum Gasteiger partial charge on any atom is 0.343 e. The van der Waals surface area contributed by atoms with Gasteiger partial charge in [0.15, 0.2) is 0 Å². The van der Waals surface area contributed by atoms with Crippen molar-refractivity contribution < 1.29 is 9.53 Å². The van der Waals surface area contributed by atoms with Gasteiger partial charge in [0.2, 0.25) is 5.43 Å². The quantitative estimate of drug-likeness (QED) is 0.847. The van der Waals surface area contributed by atoms with E-state index in [4.69, 9.17) is 4.74 Å². The van der Waals surface area contributed by atoms with E-state index in [-0.39, 0.29) is 23.5 Å². The molecule has 5 heteroatoms. The van der Waals surface area contributed by atoms with E-state index in [1.54, 1.807) is 19.2 Å². The van der Waals surface area contributed by atoms with Crippen LogP contribution in [0.4, 0.5) is 0 Å². The van der Waals surface area contributed by atoms with Crippen LogP contribution >= 0.6 is 0 Å². The van der Waals surface area contributed by atoms with E-state index < -0.39 is 5.97 Å². The molecule has 1 aliphatic carbocycles. The molecule has 0 radical (unpaired) electrons. The highest BCUT2D eigenvalue weighted by atomic mass is 16.5. The van der Waals surface area contributed by atoms with Crippen LogP contribution in [0, 0.1) is 5.92 Å². The molecule has 108 valence electrons. The number of carbonyl (C=O) groups is 1. The summed E-state index contributed by atoms with van der Waals surface area (Å²) in [6.07, 6.45) is 10.9. The lowest BCUT2D eigenvalue weighted by molar-refractivity contribution is 0.0524. The second kappa shape index (κ2) is 5.52. The van der Waals surface area contributed by atoms with Crippen molar-refractivity contribution in [3.05, 3.63) is 51.6 Å². The summed E-state index contributed by atoms with van der Waals surface area (Å²) in [5.74, 6) is -0.392. The van der Waals surface area contributed by atoms with Crippen LogP contribution < -0.4 is 5.43 Å². The van der Waals surface area contributed by atoms with Crippen molar-refractivity contribution in [2.24, 2.45) is 10.9 Å². The summed E-state index contributed by atoms with van der Waals surface area (Å²) >= 11 is 0. The monoisotopic (exact) mass is 284 g/mol. The number of aromatic nitrogens is 1. The molecule has 1 aromatic heterocycles. The molecule has 2 aliphatic rings. The number of H-pyrrole nitrogens is 1. The van der Waals surface area contributed by atoms with Gasteiger partial charge >= 0.3 is 5.97 Å². The van der Waals surface area contributed by atoms with Crippen LogP contribution in [0.1, 0.15) is 41.4 Å². The molecule has 5 nitrogen and oxygen atoms in total. The highest BCUT2D eigenvalue weighted by Gasteiger charge is 2.26. The molecule has 2 heterocycles. The SMILES string of the molecule is CCOC(=O)c1c[nH]c2c(c1=O)C=CC1CCC=CN=C21. The second-order valence-electron chi connectivity index (χ2n) is 4.98. The molecule has 3 rings (SSSR count). The van der Waals surface area contributed by atoms with E-state index in [2.05, 4.69) is 9.98 Å². The summed E-state index contributed by atoms with van der Waals surface area (Å²) in [6, 6.07) is 0. The maximum atomic E-state index is 12.4. The highest BCUT2D eigenvalue weighted by molar-refractivity contribution is 6.07. The predicted octanol–water partition coefficient (Wildman–Crippen LogP) is 2.29. The van der Waals surface area contributed by atoms with Crippen molar-refractivity contribution in [3.63, 3.8) is 0 Å². The maximum absolute atomic E-state index is 12.4. The highest BCUT2D eigenvalue weighted by Crippen LogP contribution is 2.25. The Balaban J connectivity index is 2.10. The van der Waals surface area contributed by atoms with Crippen LogP contribution in [0.5, 0.6) is 0 Å². The normalized spacial score (nSPS) is 19.3. The summed E-state index contributed by atoms with van der Waals surface area (Å²) in [4.78, 5) is 31.7. The van der Waals surface area contributed by atoms with Gasteiger partial charge in [-0.05, 0) is 19.8 Å². The first-order valence-electron chi connectivity index (χ1n) is 7.06. The van der Waals surface area contributed by atoms with Gasteiger partial charge < -0.3 is 9.72 Å². The molecule has 1 unspecified atom stereocenters. The number of ether oxygens (including phenoxy) is 1. The number of allylic oxidation sites excluding steroid dienone is 2. The van der Waals surface area contributed by atoms with Gasteiger partial charge in [-0.2, -0.15) is 0 Å². The molecule has 0 bridgehead atoms. The van der Waals surface area contributed by atoms with Crippen LogP contribution in [-0.4, -0.2) is 23.3 Å². The number of nitrogens with one attached hydrogen (secondary N) is 1. The molecule has 0 spiro atoms. The Labute approximate surface area is 122 Å². The molecule has 0 amide bonds. The van der Waals surface area contributed by atoms with Gasteiger partial charge in [-0.15, -0.1) is 0 Å². The Morgan fingerprint density at radius 3 is 3.19 bits per heavy atom. The number of aromatic amines is 1. The number of carbonyl (C=O) groups excluding carboxylic acids is 1. The topological polar surface area (TPSA) is 71.5 Å². The number of hydrogen-bond donors (Lipinski definition) is 1. The molecule has 0 saturated heterocycles. The van der Waals surface area contributed by atoms with Crippen molar-refractivity contribution in [2.75, 3.05) is 6.61 Å². The third-order valence-electron chi connectivity index (χ3n) is 3.68. The van der Waals surface area contributed by atoms with Gasteiger partial charge in [0, 0.05) is 23.9 Å². The molecular weight excluding hydrogens is 268 g/mol. The molecule has 1 aromatic rings. The third kappa shape index (κ3) is 2.35. The van der Waals surface area contributed by atoms with Gasteiger partial charge in [-0.3, -0.25) is 9.79 Å². The zero-order valence-electron chi connectivity index (χ0n) is 11.8. The summed E-state index contributed by atoms with van der Waals surface area (Å²) in [6.45, 7) is 1.95. The van der Waals surface area contributed by atoms with Crippen molar-refractivity contribution in [1.29, 1.82) is 0 Å². The molecule has 0 fully saturated rings. The van der Waals surface area contributed by atoms with Crippen LogP contribution in [-0.2, 0) is 4.74 Å². The number of esters is 1. The fourth-order valence-corrected chi connectivity index (χ4v) is 2.64. The minimum Gasteiger partial charge on any atom is -0.462 e. The van der Waals surface area contributed by atoms with Crippen molar-refractivity contribution in [3.8, 4) is 0 Å². The average molecular weight is 284 g/mol. The van der Waals surface area contributed by atoms with Crippen molar-refractivity contribution in [1.82, 2.24) is 4.98 Å². The van der Waals surface area contributed by atoms with Gasteiger partial charge in [0.1, 0.15) is 5.56 Å². The van der Waals surface area contributed by atoms with Crippen molar-refractivity contribution in [2.45, 2.75) is 19.8 Å². The van der Waals surface area contributed by atoms with Gasteiger partial charge in [-0.1, -0.05) is 18.2 Å². The van der Waals surface area contributed by atoms with E-state index in [9.17, 15) is 9.59 Å². The number of pyridine rings is 1. The van der Waals surface area contributed by atoms with Gasteiger partial charge in [0.05, 0.1) is 18.0 Å². The average Bonchev–Trinajstić information content (AvgIpc) is 2.73. The second-order valence-corrected chi connectivity index (χ2v) is 4.98. The molecule has 0 aromatic carbocycles. The zero-order chi connectivity index (χ0) is 14.8. The van der Waals surface area contributed by atoms with Crippen LogP contribution in [0.2, 0.25) is 0 Å². The molecule has 21 heavy (non-hydrogen) atoms. The minimum atomic E-state index is -0.597. The van der Waals surface area contributed by atoms with E-state index >= 15 is 0 Å². The molecule has 1 aliphatic heterocycles. The van der Waals surface area contributed by atoms with Gasteiger partial charge in [-0.25, -0.2) is 4.79 Å². The van der Waals surface area contributed by atoms with Crippen LogP contribution in [0.3, 0.4) is 0 Å². The summed E-state index contributed by atoms with van der Waals surface area (Å²) in [5, 5.41) is 0. The zero-order valence-corrected chi connectivity index (χ0v) is 11.8. The first-order valence-corrected chi connectivity index (χ1v) is 7.06. The number of nitrogens with zero attached hydrogens (tertiary/aromatic N) is 1. The number of hydrogen-bond acceptors (Lipinski definition) is 4. The molecular formula is C16H16N2O3. The van der Waals surface area contributed by atoms with Crippen molar-refractivity contribution >= 4 is 17.8 Å². The lowest BCUT2D eigenvalue weighted by Gasteiger charge is -2.20. The largest absolute Gasteiger partial charge is 0.462 e. The first-order chi connectivity index (χ1) is 10.2. The van der Waals surface area contributed by atoms with Crippen LogP contribution in [0.25, 0.3) is 6.08 Å². The summed E-state index contributed by atoms with van der Waals surface area (Å²) in [7, 11) is 0. The van der Waals surface area contributed by atoms with E-state index in [0.29, 0.717) is 11.3 Å². The number of rotatable bonds is 2. The Morgan fingerprint density at radius 1 is 1.52 bits per heavy atom.